The fourth-order valence-corrected chi connectivity index (χ4v) is 2.78. The van der Waals surface area contributed by atoms with Gasteiger partial charge in [-0.15, -0.1) is 11.8 Å². The largest absolute Gasteiger partial charge is 0.383 e. The van der Waals surface area contributed by atoms with Gasteiger partial charge < -0.3 is 5.73 Å². The maximum atomic E-state index is 6.11. The van der Waals surface area contributed by atoms with Crippen LogP contribution in [0.5, 0.6) is 0 Å². The number of aromatic nitrogens is 2. The lowest BCUT2D eigenvalue weighted by molar-refractivity contribution is 0.886. The van der Waals surface area contributed by atoms with E-state index in [9.17, 15) is 0 Å². The van der Waals surface area contributed by atoms with E-state index in [1.54, 1.807) is 16.4 Å². The number of benzene rings is 1. The maximum Gasteiger partial charge on any atom is 0.141 e. The smallest absolute Gasteiger partial charge is 0.141 e. The van der Waals surface area contributed by atoms with Gasteiger partial charge in [0.05, 0.1) is 16.8 Å². The molecule has 3 nitrogen and oxygen atoms in total. The molecule has 0 aliphatic carbocycles. The number of hydrogen-bond donors (Lipinski definition) is 1. The summed E-state index contributed by atoms with van der Waals surface area (Å²) in [5.74, 6) is 0.690. The average molecular weight is 312 g/mol. The first-order valence-corrected chi connectivity index (χ1v) is 7.02. The van der Waals surface area contributed by atoms with Crippen LogP contribution < -0.4 is 5.73 Å². The highest BCUT2D eigenvalue weighted by molar-refractivity contribution is 9.10. The first kappa shape index (κ1) is 12.5. The molecule has 2 N–H and O–H groups in total. The van der Waals surface area contributed by atoms with Crippen molar-refractivity contribution in [2.45, 2.75) is 24.0 Å². The molecule has 0 saturated heterocycles. The molecule has 1 aromatic heterocycles. The predicted octanol–water partition coefficient (Wildman–Crippen LogP) is 3.72. The van der Waals surface area contributed by atoms with E-state index in [-0.39, 0.29) is 0 Å². The third kappa shape index (κ3) is 2.66. The molecule has 0 aliphatic heterocycles. The molecule has 1 heterocycles. The predicted molar refractivity (Wildman–Crippen MR) is 76.7 cm³/mol. The minimum Gasteiger partial charge on any atom is -0.383 e. The molecule has 2 rings (SSSR count). The Morgan fingerprint density at radius 1 is 1.35 bits per heavy atom. The van der Waals surface area contributed by atoms with E-state index in [2.05, 4.69) is 34.9 Å². The summed E-state index contributed by atoms with van der Waals surface area (Å²) in [6, 6.07) is 7.90. The molecule has 0 spiro atoms. The molecular weight excluding hydrogens is 298 g/mol. The minimum atomic E-state index is 0.495. The van der Waals surface area contributed by atoms with Crippen LogP contribution in [0.15, 0.2) is 39.8 Å². The van der Waals surface area contributed by atoms with Gasteiger partial charge in [0.1, 0.15) is 5.82 Å². The topological polar surface area (TPSA) is 43.8 Å². The standard InChI is InChI=1S/C12H14BrN3S/c1-8(2)17-11-7-15-16(12(11)14)10-6-4-3-5-9(10)13/h3-8H,14H2,1-2H3. The minimum absolute atomic E-state index is 0.495. The molecule has 0 atom stereocenters. The molecule has 0 bridgehead atoms. The van der Waals surface area contributed by atoms with Gasteiger partial charge in [-0.2, -0.15) is 5.10 Å². The van der Waals surface area contributed by atoms with Crippen LogP contribution >= 0.6 is 27.7 Å². The van der Waals surface area contributed by atoms with Gasteiger partial charge in [-0.05, 0) is 28.1 Å². The van der Waals surface area contributed by atoms with Crippen LogP contribution in [0.1, 0.15) is 13.8 Å². The Hall–Kier alpha value is -0.940. The SMILES string of the molecule is CC(C)Sc1cnn(-c2ccccc2Br)c1N. The average Bonchev–Trinajstić information content (AvgIpc) is 2.61. The Morgan fingerprint density at radius 3 is 2.71 bits per heavy atom. The van der Waals surface area contributed by atoms with Crippen molar-refractivity contribution in [1.82, 2.24) is 9.78 Å². The molecule has 0 amide bonds. The van der Waals surface area contributed by atoms with Crippen molar-refractivity contribution in [1.29, 1.82) is 0 Å². The summed E-state index contributed by atoms with van der Waals surface area (Å²) in [4.78, 5) is 1.02. The van der Waals surface area contributed by atoms with Crippen molar-refractivity contribution in [3.63, 3.8) is 0 Å². The maximum absolute atomic E-state index is 6.11. The summed E-state index contributed by atoms with van der Waals surface area (Å²) in [7, 11) is 0. The first-order valence-electron chi connectivity index (χ1n) is 5.34. The Labute approximate surface area is 114 Å². The third-order valence-corrected chi connectivity index (χ3v) is 3.92. The number of para-hydroxylation sites is 1. The van der Waals surface area contributed by atoms with E-state index in [0.29, 0.717) is 11.1 Å². The van der Waals surface area contributed by atoms with Gasteiger partial charge in [0.2, 0.25) is 0 Å². The number of thioether (sulfide) groups is 1. The fraction of sp³-hybridized carbons (Fsp3) is 0.250. The van der Waals surface area contributed by atoms with Crippen molar-refractivity contribution >= 4 is 33.5 Å². The summed E-state index contributed by atoms with van der Waals surface area (Å²) in [6.07, 6.45) is 1.82. The summed E-state index contributed by atoms with van der Waals surface area (Å²) >= 11 is 5.23. The Bertz CT molecular complexity index is 522. The number of nitrogen functional groups attached to an aromatic ring is 1. The Kier molecular flexibility index (Phi) is 3.79. The molecule has 0 aliphatic rings. The zero-order chi connectivity index (χ0) is 12.4. The number of rotatable bonds is 3. The van der Waals surface area contributed by atoms with Crippen molar-refractivity contribution in [3.05, 3.63) is 34.9 Å². The second kappa shape index (κ2) is 5.14. The van der Waals surface area contributed by atoms with E-state index in [1.165, 1.54) is 0 Å². The summed E-state index contributed by atoms with van der Waals surface area (Å²) in [6.45, 7) is 4.28. The second-order valence-electron chi connectivity index (χ2n) is 3.92. The van der Waals surface area contributed by atoms with Gasteiger partial charge in [-0.25, -0.2) is 4.68 Å². The second-order valence-corrected chi connectivity index (χ2v) is 6.40. The van der Waals surface area contributed by atoms with Crippen LogP contribution in [-0.4, -0.2) is 15.0 Å². The molecular formula is C12H14BrN3S. The van der Waals surface area contributed by atoms with Crippen molar-refractivity contribution in [2.24, 2.45) is 0 Å². The van der Waals surface area contributed by atoms with E-state index in [0.717, 1.165) is 15.1 Å². The van der Waals surface area contributed by atoms with Crippen LogP contribution in [0.3, 0.4) is 0 Å². The van der Waals surface area contributed by atoms with Gasteiger partial charge >= 0.3 is 0 Å². The molecule has 90 valence electrons. The Balaban J connectivity index is 2.41. The molecule has 0 unspecified atom stereocenters. The number of halogens is 1. The van der Waals surface area contributed by atoms with E-state index < -0.39 is 0 Å². The van der Waals surface area contributed by atoms with Gasteiger partial charge in [0.25, 0.3) is 0 Å². The van der Waals surface area contributed by atoms with Crippen LogP contribution in [0.4, 0.5) is 5.82 Å². The molecule has 0 saturated carbocycles. The van der Waals surface area contributed by atoms with Gasteiger partial charge in [0.15, 0.2) is 0 Å². The van der Waals surface area contributed by atoms with Gasteiger partial charge in [-0.1, -0.05) is 26.0 Å². The van der Waals surface area contributed by atoms with Crippen LogP contribution in [0, 0.1) is 0 Å². The first-order chi connectivity index (χ1) is 8.09. The quantitative estimate of drug-likeness (QED) is 0.879. The number of anilines is 1. The lowest BCUT2D eigenvalue weighted by Crippen LogP contribution is -2.03. The zero-order valence-electron chi connectivity index (χ0n) is 9.72. The van der Waals surface area contributed by atoms with Crippen LogP contribution in [-0.2, 0) is 0 Å². The zero-order valence-corrected chi connectivity index (χ0v) is 12.1. The number of nitrogens with two attached hydrogens (primary N) is 1. The highest BCUT2D eigenvalue weighted by atomic mass is 79.9. The summed E-state index contributed by atoms with van der Waals surface area (Å²) in [5, 5.41) is 4.84. The van der Waals surface area contributed by atoms with Gasteiger partial charge in [0, 0.05) is 9.72 Å². The lowest BCUT2D eigenvalue weighted by atomic mass is 10.3. The number of nitrogens with zero attached hydrogens (tertiary/aromatic N) is 2. The third-order valence-electron chi connectivity index (χ3n) is 2.21. The molecule has 0 radical (unpaired) electrons. The highest BCUT2D eigenvalue weighted by Crippen LogP contribution is 2.31. The highest BCUT2D eigenvalue weighted by Gasteiger charge is 2.12. The Morgan fingerprint density at radius 2 is 2.06 bits per heavy atom. The summed E-state index contributed by atoms with van der Waals surface area (Å²) in [5.41, 5.74) is 7.07. The molecule has 5 heteroatoms. The molecule has 17 heavy (non-hydrogen) atoms. The fourth-order valence-electron chi connectivity index (χ4n) is 1.50. The normalized spacial score (nSPS) is 11.1. The molecule has 0 fully saturated rings. The lowest BCUT2D eigenvalue weighted by Gasteiger charge is -2.07. The van der Waals surface area contributed by atoms with E-state index in [1.807, 2.05) is 30.5 Å². The number of hydrogen-bond acceptors (Lipinski definition) is 3. The van der Waals surface area contributed by atoms with Crippen LogP contribution in [0.25, 0.3) is 5.69 Å². The molecule has 1 aromatic carbocycles. The molecule has 2 aromatic rings. The van der Waals surface area contributed by atoms with Crippen molar-refractivity contribution < 1.29 is 0 Å². The van der Waals surface area contributed by atoms with Gasteiger partial charge in [-0.3, -0.25) is 0 Å². The van der Waals surface area contributed by atoms with Crippen molar-refractivity contribution in [3.8, 4) is 5.69 Å². The summed E-state index contributed by atoms with van der Waals surface area (Å²) < 4.78 is 2.74. The van der Waals surface area contributed by atoms with E-state index >= 15 is 0 Å². The van der Waals surface area contributed by atoms with Crippen molar-refractivity contribution in [2.75, 3.05) is 5.73 Å². The van der Waals surface area contributed by atoms with Crippen LogP contribution in [0.2, 0.25) is 0 Å². The monoisotopic (exact) mass is 311 g/mol. The van der Waals surface area contributed by atoms with E-state index in [4.69, 9.17) is 5.73 Å².